The van der Waals surface area contributed by atoms with Gasteiger partial charge in [0.2, 0.25) is 0 Å². The summed E-state index contributed by atoms with van der Waals surface area (Å²) in [6.07, 6.45) is 3.32. The lowest BCUT2D eigenvalue weighted by atomic mass is 10.2. The van der Waals surface area contributed by atoms with Gasteiger partial charge in [-0.2, -0.15) is 0 Å². The van der Waals surface area contributed by atoms with Gasteiger partial charge in [0.25, 0.3) is 11.1 Å². The topological polar surface area (TPSA) is 55.4 Å². The zero-order valence-electron chi connectivity index (χ0n) is 9.51. The summed E-state index contributed by atoms with van der Waals surface area (Å²) in [7, 11) is 0. The summed E-state index contributed by atoms with van der Waals surface area (Å²) >= 11 is 0.897. The fraction of sp³-hybridized carbons (Fsp3) is 0.0769. The summed E-state index contributed by atoms with van der Waals surface area (Å²) < 4.78 is 5.39. The van der Waals surface area contributed by atoms with E-state index in [2.05, 4.69) is 11.9 Å². The van der Waals surface area contributed by atoms with Crippen molar-refractivity contribution in [1.29, 1.82) is 0 Å². The highest BCUT2D eigenvalue weighted by Gasteiger charge is 2.24. The molecular formula is C13H11NO3S. The van der Waals surface area contributed by atoms with Crippen LogP contribution in [0.5, 0.6) is 5.75 Å². The molecule has 4 nitrogen and oxygen atoms in total. The van der Waals surface area contributed by atoms with Crippen LogP contribution in [0, 0.1) is 0 Å². The van der Waals surface area contributed by atoms with E-state index in [-0.39, 0.29) is 11.1 Å². The van der Waals surface area contributed by atoms with Crippen LogP contribution in [-0.2, 0) is 4.79 Å². The minimum atomic E-state index is -0.359. The molecule has 0 radical (unpaired) electrons. The number of carbonyl (C=O) groups is 2. The molecule has 1 aliphatic rings. The number of rotatable bonds is 4. The van der Waals surface area contributed by atoms with Crippen LogP contribution < -0.4 is 10.1 Å². The first-order valence-corrected chi connectivity index (χ1v) is 6.09. The number of ether oxygens (including phenoxy) is 1. The molecule has 92 valence electrons. The van der Waals surface area contributed by atoms with Gasteiger partial charge >= 0.3 is 0 Å². The summed E-state index contributed by atoms with van der Waals surface area (Å²) in [5.41, 5.74) is 0.809. The first-order chi connectivity index (χ1) is 8.69. The highest BCUT2D eigenvalue weighted by atomic mass is 32.2. The lowest BCUT2D eigenvalue weighted by Gasteiger charge is -2.03. The standard InChI is InChI=1S/C13H11NO3S/c1-2-6-17-10-5-3-4-9(7-10)8-11-12(15)14-13(16)18-11/h2-5,7-8H,1,6H2,(H,14,15,16)/b11-8-. The molecule has 0 bridgehead atoms. The van der Waals surface area contributed by atoms with Gasteiger partial charge in [-0.3, -0.25) is 14.9 Å². The molecule has 1 aliphatic heterocycles. The van der Waals surface area contributed by atoms with Crippen molar-refractivity contribution in [3.8, 4) is 5.75 Å². The molecule has 1 aromatic carbocycles. The third-order valence-corrected chi connectivity index (χ3v) is 2.98. The van der Waals surface area contributed by atoms with Crippen LogP contribution in [0.3, 0.4) is 0 Å². The number of nitrogens with one attached hydrogen (secondary N) is 1. The van der Waals surface area contributed by atoms with Crippen molar-refractivity contribution in [1.82, 2.24) is 5.32 Å². The molecule has 0 spiro atoms. The molecular weight excluding hydrogens is 250 g/mol. The maximum absolute atomic E-state index is 11.4. The zero-order valence-corrected chi connectivity index (χ0v) is 10.3. The van der Waals surface area contributed by atoms with Crippen LogP contribution in [0.4, 0.5) is 4.79 Å². The molecule has 5 heteroatoms. The van der Waals surface area contributed by atoms with Crippen molar-refractivity contribution >= 4 is 29.0 Å². The fourth-order valence-corrected chi connectivity index (χ4v) is 2.10. The van der Waals surface area contributed by atoms with Gasteiger partial charge < -0.3 is 4.74 Å². The number of amides is 2. The van der Waals surface area contributed by atoms with Gasteiger partial charge in [-0.05, 0) is 35.5 Å². The van der Waals surface area contributed by atoms with E-state index in [4.69, 9.17) is 4.74 Å². The predicted octanol–water partition coefficient (Wildman–Crippen LogP) is 2.58. The molecule has 0 aromatic heterocycles. The Morgan fingerprint density at radius 3 is 2.89 bits per heavy atom. The Hall–Kier alpha value is -2.01. The molecule has 1 saturated heterocycles. The number of benzene rings is 1. The minimum absolute atomic E-state index is 0.342. The Balaban J connectivity index is 2.18. The van der Waals surface area contributed by atoms with E-state index in [0.29, 0.717) is 17.3 Å². The Morgan fingerprint density at radius 1 is 1.39 bits per heavy atom. The molecule has 1 aromatic rings. The van der Waals surface area contributed by atoms with Gasteiger partial charge in [-0.25, -0.2) is 0 Å². The number of hydrogen-bond acceptors (Lipinski definition) is 4. The first kappa shape index (κ1) is 12.4. The van der Waals surface area contributed by atoms with Crippen molar-refractivity contribution in [2.45, 2.75) is 0 Å². The molecule has 1 heterocycles. The van der Waals surface area contributed by atoms with Crippen LogP contribution >= 0.6 is 11.8 Å². The van der Waals surface area contributed by atoms with Crippen molar-refractivity contribution in [2.24, 2.45) is 0 Å². The maximum atomic E-state index is 11.4. The van der Waals surface area contributed by atoms with Crippen LogP contribution in [0.15, 0.2) is 41.8 Å². The monoisotopic (exact) mass is 261 g/mol. The highest BCUT2D eigenvalue weighted by molar-refractivity contribution is 8.18. The van der Waals surface area contributed by atoms with Crippen molar-refractivity contribution in [3.63, 3.8) is 0 Å². The quantitative estimate of drug-likeness (QED) is 0.668. The molecule has 0 atom stereocenters. The second-order valence-electron chi connectivity index (χ2n) is 3.52. The third kappa shape index (κ3) is 3.01. The average molecular weight is 261 g/mol. The maximum Gasteiger partial charge on any atom is 0.290 e. The van der Waals surface area contributed by atoms with E-state index in [1.807, 2.05) is 18.2 Å². The van der Waals surface area contributed by atoms with Gasteiger partial charge in [0.05, 0.1) is 4.91 Å². The van der Waals surface area contributed by atoms with Crippen LogP contribution in [0.25, 0.3) is 6.08 Å². The zero-order chi connectivity index (χ0) is 13.0. The Morgan fingerprint density at radius 2 is 2.22 bits per heavy atom. The summed E-state index contributed by atoms with van der Waals surface area (Å²) in [6.45, 7) is 3.99. The molecule has 1 fully saturated rings. The molecule has 1 N–H and O–H groups in total. The Labute approximate surface area is 109 Å². The van der Waals surface area contributed by atoms with Crippen LogP contribution in [0.2, 0.25) is 0 Å². The molecule has 0 aliphatic carbocycles. The Bertz CT molecular complexity index is 537. The first-order valence-electron chi connectivity index (χ1n) is 5.27. The molecule has 18 heavy (non-hydrogen) atoms. The SMILES string of the molecule is C=CCOc1cccc(/C=C2\SC(=O)NC2=O)c1. The summed E-state index contributed by atoms with van der Waals surface area (Å²) in [6, 6.07) is 7.28. The van der Waals surface area contributed by atoms with Crippen molar-refractivity contribution in [3.05, 3.63) is 47.4 Å². The van der Waals surface area contributed by atoms with E-state index in [9.17, 15) is 9.59 Å². The van der Waals surface area contributed by atoms with Crippen molar-refractivity contribution in [2.75, 3.05) is 6.61 Å². The summed E-state index contributed by atoms with van der Waals surface area (Å²) in [5, 5.41) is 1.87. The number of carbonyl (C=O) groups excluding carboxylic acids is 2. The Kier molecular flexibility index (Phi) is 3.84. The van der Waals surface area contributed by atoms with E-state index in [1.54, 1.807) is 18.2 Å². The van der Waals surface area contributed by atoms with Gasteiger partial charge in [-0.1, -0.05) is 24.8 Å². The second kappa shape index (κ2) is 5.55. The molecule has 0 unspecified atom stereocenters. The molecule has 2 rings (SSSR count). The van der Waals surface area contributed by atoms with Gasteiger partial charge in [0.15, 0.2) is 0 Å². The van der Waals surface area contributed by atoms with E-state index in [0.717, 1.165) is 17.3 Å². The second-order valence-corrected chi connectivity index (χ2v) is 4.54. The van der Waals surface area contributed by atoms with Gasteiger partial charge in [0.1, 0.15) is 12.4 Å². The van der Waals surface area contributed by atoms with E-state index >= 15 is 0 Å². The van der Waals surface area contributed by atoms with Gasteiger partial charge in [0, 0.05) is 0 Å². The smallest absolute Gasteiger partial charge is 0.290 e. The number of thioether (sulfide) groups is 1. The highest BCUT2D eigenvalue weighted by Crippen LogP contribution is 2.26. The summed E-state index contributed by atoms with van der Waals surface area (Å²) in [4.78, 5) is 22.8. The average Bonchev–Trinajstić information content (AvgIpc) is 2.66. The van der Waals surface area contributed by atoms with Crippen LogP contribution in [0.1, 0.15) is 5.56 Å². The predicted molar refractivity (Wildman–Crippen MR) is 71.2 cm³/mol. The lowest BCUT2D eigenvalue weighted by Crippen LogP contribution is -2.17. The van der Waals surface area contributed by atoms with E-state index in [1.165, 1.54) is 0 Å². The van der Waals surface area contributed by atoms with E-state index < -0.39 is 0 Å². The lowest BCUT2D eigenvalue weighted by molar-refractivity contribution is -0.115. The van der Waals surface area contributed by atoms with Crippen LogP contribution in [-0.4, -0.2) is 17.8 Å². The largest absolute Gasteiger partial charge is 0.490 e. The minimum Gasteiger partial charge on any atom is -0.490 e. The molecule has 2 amide bonds. The van der Waals surface area contributed by atoms with Gasteiger partial charge in [-0.15, -0.1) is 0 Å². The van der Waals surface area contributed by atoms with Crippen molar-refractivity contribution < 1.29 is 14.3 Å². The normalized spacial score (nSPS) is 16.8. The third-order valence-electron chi connectivity index (χ3n) is 2.17. The number of hydrogen-bond donors (Lipinski definition) is 1. The number of imide groups is 1. The molecule has 0 saturated carbocycles. The summed E-state index contributed by atoms with van der Waals surface area (Å²) in [5.74, 6) is 0.335. The fourth-order valence-electron chi connectivity index (χ4n) is 1.42.